The number of thiophene rings is 1. The monoisotopic (exact) mass is 367 g/mol. The van der Waals surface area contributed by atoms with E-state index >= 15 is 0 Å². The predicted octanol–water partition coefficient (Wildman–Crippen LogP) is 4.40. The number of nitrogens with one attached hydrogen (secondary N) is 1. The van der Waals surface area contributed by atoms with Crippen LogP contribution in [0.2, 0.25) is 0 Å². The first kappa shape index (κ1) is 17.1. The lowest BCUT2D eigenvalue weighted by atomic mass is 9.87. The van der Waals surface area contributed by atoms with Gasteiger partial charge in [-0.3, -0.25) is 0 Å². The summed E-state index contributed by atoms with van der Waals surface area (Å²) >= 11 is 4.52. The van der Waals surface area contributed by atoms with E-state index in [4.69, 9.17) is 0 Å². The zero-order valence-electron chi connectivity index (χ0n) is 11.7. The molecule has 0 spiro atoms. The van der Waals surface area contributed by atoms with Crippen LogP contribution < -0.4 is 4.72 Å². The Kier molecular flexibility index (Phi) is 6.50. The van der Waals surface area contributed by atoms with Gasteiger partial charge in [0.2, 0.25) is 10.0 Å². The van der Waals surface area contributed by atoms with Crippen molar-refractivity contribution in [2.45, 2.75) is 50.7 Å². The first-order chi connectivity index (χ1) is 8.77. The lowest BCUT2D eigenvalue weighted by Crippen LogP contribution is -2.33. The van der Waals surface area contributed by atoms with Crippen LogP contribution in [0.5, 0.6) is 0 Å². The lowest BCUT2D eigenvalue weighted by molar-refractivity contribution is 0.320. The number of hydrogen-bond acceptors (Lipinski definition) is 3. The molecule has 0 radical (unpaired) electrons. The highest BCUT2D eigenvalue weighted by atomic mass is 79.9. The zero-order chi connectivity index (χ0) is 14.5. The van der Waals surface area contributed by atoms with Crippen molar-refractivity contribution in [3.05, 3.63) is 15.9 Å². The number of rotatable bonds is 8. The smallest absolute Gasteiger partial charge is 0.210 e. The fourth-order valence-corrected chi connectivity index (χ4v) is 5.04. The molecule has 0 aliphatic carbocycles. The van der Waals surface area contributed by atoms with Crippen LogP contribution in [0, 0.1) is 5.41 Å². The maximum Gasteiger partial charge on any atom is 0.250 e. The van der Waals surface area contributed by atoms with Gasteiger partial charge in [0.05, 0.1) is 3.79 Å². The van der Waals surface area contributed by atoms with Crippen molar-refractivity contribution in [1.82, 2.24) is 4.72 Å². The van der Waals surface area contributed by atoms with Crippen LogP contribution in [0.3, 0.4) is 0 Å². The number of unbranched alkanes of at least 4 members (excludes halogenated alkanes) is 2. The van der Waals surface area contributed by atoms with Crippen LogP contribution in [0.4, 0.5) is 0 Å². The summed E-state index contributed by atoms with van der Waals surface area (Å²) in [5.74, 6) is 0. The second kappa shape index (κ2) is 7.20. The number of halogens is 1. The molecule has 0 amide bonds. The number of sulfonamides is 1. The molecule has 0 atom stereocenters. The van der Waals surface area contributed by atoms with Gasteiger partial charge in [-0.25, -0.2) is 13.1 Å². The molecule has 1 heterocycles. The van der Waals surface area contributed by atoms with Crippen molar-refractivity contribution >= 4 is 37.3 Å². The second-order valence-electron chi connectivity index (χ2n) is 5.50. The Bertz CT molecular complexity index is 494. The van der Waals surface area contributed by atoms with Crippen LogP contribution in [-0.2, 0) is 10.0 Å². The summed E-state index contributed by atoms with van der Waals surface area (Å²) in [6, 6.07) is 3.38. The molecule has 0 unspecified atom stereocenters. The summed E-state index contributed by atoms with van der Waals surface area (Å²) < 4.78 is 28.1. The molecule has 19 heavy (non-hydrogen) atoms. The van der Waals surface area contributed by atoms with E-state index in [1.807, 2.05) is 0 Å². The third-order valence-electron chi connectivity index (χ3n) is 3.01. The minimum atomic E-state index is -3.36. The minimum Gasteiger partial charge on any atom is -0.210 e. The fourth-order valence-electron chi connectivity index (χ4n) is 1.75. The predicted molar refractivity (Wildman–Crippen MR) is 85.1 cm³/mol. The molecule has 1 aromatic heterocycles. The van der Waals surface area contributed by atoms with Gasteiger partial charge in [-0.1, -0.05) is 40.0 Å². The molecule has 0 bridgehead atoms. The average molecular weight is 368 g/mol. The summed E-state index contributed by atoms with van der Waals surface area (Å²) in [6.45, 7) is 6.87. The molecule has 0 fully saturated rings. The molecule has 1 N–H and O–H groups in total. The maximum atomic E-state index is 12.1. The molecular formula is C13H22BrNO2S2. The Morgan fingerprint density at radius 3 is 2.53 bits per heavy atom. The molecule has 1 rings (SSSR count). The van der Waals surface area contributed by atoms with Crippen LogP contribution >= 0.6 is 27.3 Å². The van der Waals surface area contributed by atoms with Crippen molar-refractivity contribution in [3.63, 3.8) is 0 Å². The first-order valence-electron chi connectivity index (χ1n) is 6.52. The van der Waals surface area contributed by atoms with Gasteiger partial charge in [0.15, 0.2) is 0 Å². The molecular weight excluding hydrogens is 346 g/mol. The van der Waals surface area contributed by atoms with Crippen molar-refractivity contribution < 1.29 is 8.42 Å². The van der Waals surface area contributed by atoms with Gasteiger partial charge in [-0.05, 0) is 39.9 Å². The highest BCUT2D eigenvalue weighted by Crippen LogP contribution is 2.27. The van der Waals surface area contributed by atoms with Crippen molar-refractivity contribution in [2.75, 3.05) is 6.54 Å². The van der Waals surface area contributed by atoms with E-state index < -0.39 is 10.0 Å². The maximum absolute atomic E-state index is 12.1. The topological polar surface area (TPSA) is 46.2 Å². The molecule has 0 aliphatic rings. The van der Waals surface area contributed by atoms with Gasteiger partial charge in [-0.15, -0.1) is 11.3 Å². The van der Waals surface area contributed by atoms with Crippen LogP contribution in [-0.4, -0.2) is 15.0 Å². The Morgan fingerprint density at radius 1 is 1.32 bits per heavy atom. The van der Waals surface area contributed by atoms with E-state index in [1.165, 1.54) is 24.2 Å². The lowest BCUT2D eigenvalue weighted by Gasteiger charge is -2.24. The average Bonchev–Trinajstić information content (AvgIpc) is 2.75. The molecule has 0 saturated carbocycles. The summed E-state index contributed by atoms with van der Waals surface area (Å²) in [6.07, 6.45) is 4.58. The van der Waals surface area contributed by atoms with E-state index in [1.54, 1.807) is 12.1 Å². The van der Waals surface area contributed by atoms with E-state index in [0.717, 1.165) is 16.6 Å². The SMILES string of the molecule is CCCCCC(C)(C)CNS(=O)(=O)c1ccc(Br)s1. The zero-order valence-corrected chi connectivity index (χ0v) is 14.9. The highest BCUT2D eigenvalue weighted by Gasteiger charge is 2.22. The van der Waals surface area contributed by atoms with Gasteiger partial charge in [0.25, 0.3) is 0 Å². The molecule has 1 aromatic rings. The minimum absolute atomic E-state index is 0.00324. The van der Waals surface area contributed by atoms with E-state index in [-0.39, 0.29) is 5.41 Å². The highest BCUT2D eigenvalue weighted by molar-refractivity contribution is 9.11. The van der Waals surface area contributed by atoms with Gasteiger partial charge in [0.1, 0.15) is 4.21 Å². The van der Waals surface area contributed by atoms with Crippen LogP contribution in [0.25, 0.3) is 0 Å². The third kappa shape index (κ3) is 5.94. The Morgan fingerprint density at radius 2 is 2.00 bits per heavy atom. The van der Waals surface area contributed by atoms with E-state index in [2.05, 4.69) is 41.4 Å². The third-order valence-corrected chi connectivity index (χ3v) is 6.53. The van der Waals surface area contributed by atoms with Crippen molar-refractivity contribution in [1.29, 1.82) is 0 Å². The molecule has 0 aromatic carbocycles. The van der Waals surface area contributed by atoms with Gasteiger partial charge < -0.3 is 0 Å². The van der Waals surface area contributed by atoms with Gasteiger partial charge >= 0.3 is 0 Å². The van der Waals surface area contributed by atoms with E-state index in [9.17, 15) is 8.42 Å². The summed E-state index contributed by atoms with van der Waals surface area (Å²) in [5, 5.41) is 0. The Balaban J connectivity index is 2.55. The normalized spacial score (nSPS) is 12.8. The second-order valence-corrected chi connectivity index (χ2v) is 9.96. The molecule has 3 nitrogen and oxygen atoms in total. The molecule has 0 aliphatic heterocycles. The first-order valence-corrected chi connectivity index (χ1v) is 9.61. The van der Waals surface area contributed by atoms with Crippen molar-refractivity contribution in [3.8, 4) is 0 Å². The Labute approximate surface area is 129 Å². The van der Waals surface area contributed by atoms with Crippen LogP contribution in [0.1, 0.15) is 46.5 Å². The largest absolute Gasteiger partial charge is 0.250 e. The van der Waals surface area contributed by atoms with Crippen molar-refractivity contribution in [2.24, 2.45) is 5.41 Å². The quantitative estimate of drug-likeness (QED) is 0.692. The van der Waals surface area contributed by atoms with Crippen LogP contribution in [0.15, 0.2) is 20.1 Å². The number of hydrogen-bond donors (Lipinski definition) is 1. The standard InChI is InChI=1S/C13H22BrNO2S2/c1-4-5-6-9-13(2,3)10-15-19(16,17)12-8-7-11(14)18-12/h7-8,15H,4-6,9-10H2,1-3H3. The molecule has 6 heteroatoms. The van der Waals surface area contributed by atoms with E-state index in [0.29, 0.717) is 10.8 Å². The summed E-state index contributed by atoms with van der Waals surface area (Å²) in [5.41, 5.74) is -0.00324. The molecule has 0 saturated heterocycles. The van der Waals surface area contributed by atoms with Gasteiger partial charge in [0, 0.05) is 6.54 Å². The summed E-state index contributed by atoms with van der Waals surface area (Å²) in [4.78, 5) is 0. The molecule has 110 valence electrons. The summed E-state index contributed by atoms with van der Waals surface area (Å²) in [7, 11) is -3.36. The Hall–Kier alpha value is 0.0900. The fraction of sp³-hybridized carbons (Fsp3) is 0.692. The van der Waals surface area contributed by atoms with Gasteiger partial charge in [-0.2, -0.15) is 0 Å².